The Kier molecular flexibility index (Phi) is 3.89. The Morgan fingerprint density at radius 2 is 2.00 bits per heavy atom. The molecule has 1 aromatic carbocycles. The van der Waals surface area contributed by atoms with E-state index < -0.39 is 11.6 Å². The Labute approximate surface area is 118 Å². The second-order valence-electron chi connectivity index (χ2n) is 4.58. The second-order valence-corrected chi connectivity index (χ2v) is 5.43. The van der Waals surface area contributed by atoms with Crippen LogP contribution in [0, 0.1) is 18.6 Å². The fraction of sp³-hybridized carbons (Fsp3) is 0.308. The van der Waals surface area contributed by atoms with E-state index >= 15 is 0 Å². The SMILES string of the molecule is Cc1cn(C(C)C)c(Nc2c(F)cc(F)cc2Br)n1. The summed E-state index contributed by atoms with van der Waals surface area (Å²) in [6.45, 7) is 5.87. The van der Waals surface area contributed by atoms with Crippen LogP contribution < -0.4 is 5.32 Å². The molecule has 0 amide bonds. The largest absolute Gasteiger partial charge is 0.322 e. The van der Waals surface area contributed by atoms with Crippen LogP contribution in [-0.2, 0) is 0 Å². The molecule has 2 aromatic rings. The Morgan fingerprint density at radius 3 is 2.58 bits per heavy atom. The molecule has 1 heterocycles. The van der Waals surface area contributed by atoms with Gasteiger partial charge in [-0.1, -0.05) is 0 Å². The van der Waals surface area contributed by atoms with Crippen LogP contribution >= 0.6 is 15.9 Å². The summed E-state index contributed by atoms with van der Waals surface area (Å²) in [6.07, 6.45) is 1.88. The number of rotatable bonds is 3. The summed E-state index contributed by atoms with van der Waals surface area (Å²) in [6, 6.07) is 2.23. The van der Waals surface area contributed by atoms with Crippen LogP contribution in [0.4, 0.5) is 20.4 Å². The zero-order valence-electron chi connectivity index (χ0n) is 10.8. The predicted octanol–water partition coefficient (Wildman–Crippen LogP) is 4.56. The van der Waals surface area contributed by atoms with Crippen LogP contribution in [0.15, 0.2) is 22.8 Å². The van der Waals surface area contributed by atoms with E-state index in [1.165, 1.54) is 6.07 Å². The van der Waals surface area contributed by atoms with E-state index in [0.29, 0.717) is 10.4 Å². The number of hydrogen-bond acceptors (Lipinski definition) is 2. The smallest absolute Gasteiger partial charge is 0.207 e. The maximum atomic E-state index is 13.8. The molecule has 2 rings (SSSR count). The third kappa shape index (κ3) is 2.94. The highest BCUT2D eigenvalue weighted by Gasteiger charge is 2.14. The fourth-order valence-electron chi connectivity index (χ4n) is 1.78. The average molecular weight is 330 g/mol. The molecule has 1 N–H and O–H groups in total. The van der Waals surface area contributed by atoms with Gasteiger partial charge in [-0.2, -0.15) is 0 Å². The highest BCUT2D eigenvalue weighted by Crippen LogP contribution is 2.30. The Bertz CT molecular complexity index is 585. The van der Waals surface area contributed by atoms with Gasteiger partial charge in [0.05, 0.1) is 11.4 Å². The molecule has 0 aliphatic heterocycles. The summed E-state index contributed by atoms with van der Waals surface area (Å²) in [4.78, 5) is 4.30. The Balaban J connectivity index is 2.42. The van der Waals surface area contributed by atoms with Gasteiger partial charge in [0, 0.05) is 22.8 Å². The second kappa shape index (κ2) is 5.28. The number of benzene rings is 1. The third-order valence-electron chi connectivity index (χ3n) is 2.65. The number of hydrogen-bond donors (Lipinski definition) is 1. The first-order valence-corrected chi connectivity index (χ1v) is 6.65. The van der Waals surface area contributed by atoms with Gasteiger partial charge in [0.15, 0.2) is 5.82 Å². The Morgan fingerprint density at radius 1 is 1.32 bits per heavy atom. The molecular weight excluding hydrogens is 316 g/mol. The molecule has 6 heteroatoms. The van der Waals surface area contributed by atoms with Crippen LogP contribution in [0.1, 0.15) is 25.6 Å². The molecule has 1 aromatic heterocycles. The van der Waals surface area contributed by atoms with Gasteiger partial charge in [0.1, 0.15) is 5.82 Å². The number of imidazole rings is 1. The van der Waals surface area contributed by atoms with Gasteiger partial charge < -0.3 is 9.88 Å². The number of nitrogens with one attached hydrogen (secondary N) is 1. The first-order chi connectivity index (χ1) is 8.88. The van der Waals surface area contributed by atoms with E-state index in [1.54, 1.807) is 0 Å². The van der Waals surface area contributed by atoms with Gasteiger partial charge in [-0.3, -0.25) is 0 Å². The summed E-state index contributed by atoms with van der Waals surface area (Å²) >= 11 is 3.14. The molecule has 0 radical (unpaired) electrons. The maximum absolute atomic E-state index is 13.8. The molecule has 3 nitrogen and oxygen atoms in total. The van der Waals surface area contributed by atoms with Crippen molar-refractivity contribution < 1.29 is 8.78 Å². The van der Waals surface area contributed by atoms with Gasteiger partial charge in [0.25, 0.3) is 0 Å². The Hall–Kier alpha value is -1.43. The molecule has 19 heavy (non-hydrogen) atoms. The lowest BCUT2D eigenvalue weighted by atomic mass is 10.3. The highest BCUT2D eigenvalue weighted by molar-refractivity contribution is 9.10. The minimum atomic E-state index is -0.664. The molecular formula is C13H14BrF2N3. The molecule has 0 bridgehead atoms. The molecule has 0 spiro atoms. The van der Waals surface area contributed by atoms with Crippen molar-refractivity contribution in [3.05, 3.63) is 40.1 Å². The summed E-state index contributed by atoms with van der Waals surface area (Å²) in [5.74, 6) is -0.764. The first kappa shape index (κ1) is 14.0. The number of halogens is 3. The van der Waals surface area contributed by atoms with Crippen molar-refractivity contribution in [3.8, 4) is 0 Å². The van der Waals surface area contributed by atoms with Crippen LogP contribution in [0.3, 0.4) is 0 Å². The summed E-state index contributed by atoms with van der Waals surface area (Å²) < 4.78 is 29.0. The topological polar surface area (TPSA) is 29.9 Å². The van der Waals surface area contributed by atoms with Crippen molar-refractivity contribution >= 4 is 27.6 Å². The van der Waals surface area contributed by atoms with Crippen molar-refractivity contribution in [2.45, 2.75) is 26.8 Å². The van der Waals surface area contributed by atoms with E-state index in [0.717, 1.165) is 11.8 Å². The van der Waals surface area contributed by atoms with E-state index in [1.807, 2.05) is 31.5 Å². The molecule has 0 saturated carbocycles. The van der Waals surface area contributed by atoms with E-state index in [2.05, 4.69) is 26.2 Å². The zero-order valence-corrected chi connectivity index (χ0v) is 12.4. The van der Waals surface area contributed by atoms with E-state index in [4.69, 9.17) is 0 Å². The molecule has 0 atom stereocenters. The summed E-state index contributed by atoms with van der Waals surface area (Å²) in [7, 11) is 0. The number of anilines is 2. The van der Waals surface area contributed by atoms with E-state index in [-0.39, 0.29) is 11.7 Å². The normalized spacial score (nSPS) is 11.1. The van der Waals surface area contributed by atoms with Gasteiger partial charge in [-0.25, -0.2) is 13.8 Å². The molecule has 0 fully saturated rings. The molecule has 0 aliphatic rings. The number of aryl methyl sites for hydroxylation is 1. The van der Waals surface area contributed by atoms with E-state index in [9.17, 15) is 8.78 Å². The lowest BCUT2D eigenvalue weighted by Gasteiger charge is -2.14. The van der Waals surface area contributed by atoms with Crippen LogP contribution in [0.5, 0.6) is 0 Å². The van der Waals surface area contributed by atoms with Crippen molar-refractivity contribution in [2.75, 3.05) is 5.32 Å². The van der Waals surface area contributed by atoms with Gasteiger partial charge in [-0.15, -0.1) is 0 Å². The molecule has 0 unspecified atom stereocenters. The maximum Gasteiger partial charge on any atom is 0.207 e. The third-order valence-corrected chi connectivity index (χ3v) is 3.28. The van der Waals surface area contributed by atoms with Gasteiger partial charge in [0.2, 0.25) is 5.95 Å². The minimum absolute atomic E-state index is 0.175. The average Bonchev–Trinajstić information content (AvgIpc) is 2.65. The standard InChI is InChI=1S/C13H14BrF2N3/c1-7(2)19-6-8(3)17-13(19)18-12-10(14)4-9(15)5-11(12)16/h4-7H,1-3H3,(H,17,18). The summed E-state index contributed by atoms with van der Waals surface area (Å²) in [5.41, 5.74) is 1.00. The molecule has 0 aliphatic carbocycles. The van der Waals surface area contributed by atoms with Crippen molar-refractivity contribution in [1.29, 1.82) is 0 Å². The quantitative estimate of drug-likeness (QED) is 0.894. The van der Waals surface area contributed by atoms with Crippen molar-refractivity contribution in [1.82, 2.24) is 9.55 Å². The minimum Gasteiger partial charge on any atom is -0.322 e. The van der Waals surface area contributed by atoms with Crippen LogP contribution in [0.25, 0.3) is 0 Å². The monoisotopic (exact) mass is 329 g/mol. The van der Waals surface area contributed by atoms with Crippen LogP contribution in [0.2, 0.25) is 0 Å². The fourth-order valence-corrected chi connectivity index (χ4v) is 2.28. The summed E-state index contributed by atoms with van der Waals surface area (Å²) in [5, 5.41) is 2.90. The molecule has 102 valence electrons. The van der Waals surface area contributed by atoms with Gasteiger partial charge >= 0.3 is 0 Å². The highest BCUT2D eigenvalue weighted by atomic mass is 79.9. The predicted molar refractivity (Wildman–Crippen MR) is 74.7 cm³/mol. The van der Waals surface area contributed by atoms with Gasteiger partial charge in [-0.05, 0) is 42.8 Å². The number of nitrogens with zero attached hydrogens (tertiary/aromatic N) is 2. The molecule has 0 saturated heterocycles. The zero-order chi connectivity index (χ0) is 14.2. The lowest BCUT2D eigenvalue weighted by molar-refractivity contribution is 0.582. The number of aromatic nitrogens is 2. The van der Waals surface area contributed by atoms with Crippen molar-refractivity contribution in [2.24, 2.45) is 0 Å². The first-order valence-electron chi connectivity index (χ1n) is 5.85. The van der Waals surface area contributed by atoms with Crippen LogP contribution in [-0.4, -0.2) is 9.55 Å². The lowest BCUT2D eigenvalue weighted by Crippen LogP contribution is -2.06. The van der Waals surface area contributed by atoms with Crippen molar-refractivity contribution in [3.63, 3.8) is 0 Å².